The van der Waals surface area contributed by atoms with Crippen LogP contribution in [0.4, 0.5) is 0 Å². The van der Waals surface area contributed by atoms with E-state index in [1.54, 1.807) is 6.92 Å². The molecule has 1 aromatic carbocycles. The van der Waals surface area contributed by atoms with Gasteiger partial charge in [0.15, 0.2) is 0 Å². The van der Waals surface area contributed by atoms with Crippen molar-refractivity contribution >= 4 is 0 Å². The maximum Gasteiger partial charge on any atom is 0.0968 e. The van der Waals surface area contributed by atoms with Crippen LogP contribution in [0.5, 0.6) is 0 Å². The zero-order chi connectivity index (χ0) is 11.7. The van der Waals surface area contributed by atoms with Crippen molar-refractivity contribution in [2.45, 2.75) is 33.1 Å². The van der Waals surface area contributed by atoms with Gasteiger partial charge in [0.2, 0.25) is 0 Å². The highest BCUT2D eigenvalue weighted by Gasteiger charge is 2.19. The minimum absolute atomic E-state index is 0.635. The summed E-state index contributed by atoms with van der Waals surface area (Å²) in [5.41, 5.74) is 12.6. The molecule has 0 bridgehead atoms. The largest absolute Gasteiger partial charge is 0.401 e. The molecule has 0 amide bonds. The van der Waals surface area contributed by atoms with Gasteiger partial charge in [-0.3, -0.25) is 0 Å². The Kier molecular flexibility index (Phi) is 2.70. The zero-order valence-electron chi connectivity index (χ0n) is 9.80. The fourth-order valence-electron chi connectivity index (χ4n) is 2.21. The normalized spacial score (nSPS) is 14.6. The third-order valence-electron chi connectivity index (χ3n) is 3.37. The van der Waals surface area contributed by atoms with Crippen LogP contribution < -0.4 is 5.73 Å². The van der Waals surface area contributed by atoms with Gasteiger partial charge in [-0.15, -0.1) is 0 Å². The average molecular weight is 212 g/mol. The van der Waals surface area contributed by atoms with Gasteiger partial charge in [-0.1, -0.05) is 12.1 Å². The van der Waals surface area contributed by atoms with Gasteiger partial charge in [0.1, 0.15) is 0 Å². The molecule has 0 saturated heterocycles. The summed E-state index contributed by atoms with van der Waals surface area (Å²) >= 11 is 0. The molecular formula is C14H16N2. The maximum absolute atomic E-state index is 9.00. The van der Waals surface area contributed by atoms with Crippen LogP contribution >= 0.6 is 0 Å². The van der Waals surface area contributed by atoms with Gasteiger partial charge < -0.3 is 5.73 Å². The van der Waals surface area contributed by atoms with E-state index in [0.717, 1.165) is 6.42 Å². The molecule has 0 heterocycles. The molecule has 2 N–H and O–H groups in total. The summed E-state index contributed by atoms with van der Waals surface area (Å²) in [5.74, 6) is 0. The van der Waals surface area contributed by atoms with Gasteiger partial charge in [-0.2, -0.15) is 5.26 Å². The van der Waals surface area contributed by atoms with E-state index in [2.05, 4.69) is 25.1 Å². The molecule has 2 nitrogen and oxygen atoms in total. The average Bonchev–Trinajstić information content (AvgIpc) is 2.17. The Morgan fingerprint density at radius 3 is 2.56 bits per heavy atom. The lowest BCUT2D eigenvalue weighted by Gasteiger charge is -2.25. The van der Waals surface area contributed by atoms with Crippen molar-refractivity contribution in [3.8, 4) is 6.07 Å². The predicted octanol–water partition coefficient (Wildman–Crippen LogP) is 2.39. The summed E-state index contributed by atoms with van der Waals surface area (Å²) in [6.45, 7) is 3.94. The summed E-state index contributed by atoms with van der Waals surface area (Å²) < 4.78 is 0. The molecule has 0 aromatic heterocycles. The molecule has 82 valence electrons. The van der Waals surface area contributed by atoms with Gasteiger partial charge in [-0.25, -0.2) is 0 Å². The molecule has 0 fully saturated rings. The predicted molar refractivity (Wildman–Crippen MR) is 64.8 cm³/mol. The van der Waals surface area contributed by atoms with E-state index in [-0.39, 0.29) is 0 Å². The van der Waals surface area contributed by atoms with Crippen molar-refractivity contribution in [2.24, 2.45) is 5.73 Å². The first kappa shape index (κ1) is 10.8. The highest BCUT2D eigenvalue weighted by atomic mass is 14.6. The first-order valence-corrected chi connectivity index (χ1v) is 5.59. The van der Waals surface area contributed by atoms with Crippen LogP contribution in [0.2, 0.25) is 0 Å². The van der Waals surface area contributed by atoms with Gasteiger partial charge in [0.05, 0.1) is 11.6 Å². The zero-order valence-corrected chi connectivity index (χ0v) is 9.80. The topological polar surface area (TPSA) is 49.8 Å². The summed E-state index contributed by atoms with van der Waals surface area (Å²) in [6.07, 6.45) is 3.01. The molecule has 1 aliphatic rings. The Bertz CT molecular complexity index is 500. The second-order valence-electron chi connectivity index (χ2n) is 4.45. The second-order valence-corrected chi connectivity index (χ2v) is 4.45. The van der Waals surface area contributed by atoms with E-state index in [0.29, 0.717) is 17.7 Å². The number of nitrogens with two attached hydrogens (primary N) is 1. The lowest BCUT2D eigenvalue weighted by Crippen LogP contribution is -2.14. The number of hydrogen-bond acceptors (Lipinski definition) is 2. The summed E-state index contributed by atoms with van der Waals surface area (Å²) in [7, 11) is 0. The third kappa shape index (κ3) is 1.69. The van der Waals surface area contributed by atoms with E-state index < -0.39 is 0 Å². The smallest absolute Gasteiger partial charge is 0.0968 e. The number of hydrogen-bond donors (Lipinski definition) is 1. The number of fused-ring (bicyclic) bond motifs is 1. The van der Waals surface area contributed by atoms with Crippen molar-refractivity contribution in [3.05, 3.63) is 45.7 Å². The first-order valence-electron chi connectivity index (χ1n) is 5.59. The molecule has 0 saturated carbocycles. The van der Waals surface area contributed by atoms with E-state index >= 15 is 0 Å². The highest BCUT2D eigenvalue weighted by molar-refractivity contribution is 5.49. The van der Waals surface area contributed by atoms with Crippen molar-refractivity contribution in [3.63, 3.8) is 0 Å². The molecule has 1 aliphatic carbocycles. The SMILES string of the molecule is C/C(N)=C(\C#N)Cc1ccc(C)c2c1CC2. The monoisotopic (exact) mass is 212 g/mol. The Balaban J connectivity index is 2.35. The van der Waals surface area contributed by atoms with Gasteiger partial charge in [-0.05, 0) is 48.9 Å². The van der Waals surface area contributed by atoms with Crippen LogP contribution in [0.3, 0.4) is 0 Å². The van der Waals surface area contributed by atoms with E-state index in [4.69, 9.17) is 11.0 Å². The summed E-state index contributed by atoms with van der Waals surface area (Å²) in [6, 6.07) is 6.47. The molecule has 0 unspecified atom stereocenters. The minimum atomic E-state index is 0.635. The number of allylic oxidation sites excluding steroid dienone is 2. The minimum Gasteiger partial charge on any atom is -0.401 e. The van der Waals surface area contributed by atoms with Gasteiger partial charge >= 0.3 is 0 Å². The molecule has 0 atom stereocenters. The van der Waals surface area contributed by atoms with Crippen molar-refractivity contribution < 1.29 is 0 Å². The lowest BCUT2D eigenvalue weighted by atomic mass is 9.80. The number of rotatable bonds is 2. The van der Waals surface area contributed by atoms with Crippen molar-refractivity contribution in [2.75, 3.05) is 0 Å². The van der Waals surface area contributed by atoms with E-state index in [9.17, 15) is 0 Å². The standard InChI is InChI=1S/C14H16N2/c1-9-3-4-11(14-6-5-13(9)14)7-12(8-15)10(2)16/h3-4H,5-7,16H2,1-2H3/b12-10+. The Labute approximate surface area is 96.4 Å². The number of benzene rings is 1. The van der Waals surface area contributed by atoms with Crippen LogP contribution in [-0.4, -0.2) is 0 Å². The van der Waals surface area contributed by atoms with E-state index in [1.807, 2.05) is 0 Å². The second kappa shape index (κ2) is 4.02. The first-order chi connectivity index (χ1) is 7.63. The van der Waals surface area contributed by atoms with Crippen LogP contribution in [-0.2, 0) is 19.3 Å². The summed E-state index contributed by atoms with van der Waals surface area (Å²) in [4.78, 5) is 0. The molecule has 16 heavy (non-hydrogen) atoms. The van der Waals surface area contributed by atoms with E-state index in [1.165, 1.54) is 28.7 Å². The van der Waals surface area contributed by atoms with Crippen LogP contribution in [0.1, 0.15) is 29.2 Å². The summed E-state index contributed by atoms with van der Waals surface area (Å²) in [5, 5.41) is 9.00. The molecular weight excluding hydrogens is 196 g/mol. The lowest BCUT2D eigenvalue weighted by molar-refractivity contribution is 0.807. The molecule has 0 radical (unpaired) electrons. The molecule has 0 aliphatic heterocycles. The molecule has 1 aromatic rings. The van der Waals surface area contributed by atoms with Crippen LogP contribution in [0, 0.1) is 18.3 Å². The van der Waals surface area contributed by atoms with Gasteiger partial charge in [0, 0.05) is 12.1 Å². The number of nitriles is 1. The van der Waals surface area contributed by atoms with Crippen LogP contribution in [0.15, 0.2) is 23.4 Å². The Hall–Kier alpha value is -1.75. The molecule has 2 heteroatoms. The maximum atomic E-state index is 9.00. The highest BCUT2D eigenvalue weighted by Crippen LogP contribution is 2.30. The van der Waals surface area contributed by atoms with Crippen LogP contribution in [0.25, 0.3) is 0 Å². The fourth-order valence-corrected chi connectivity index (χ4v) is 2.21. The fraction of sp³-hybridized carbons (Fsp3) is 0.357. The Morgan fingerprint density at radius 2 is 2.06 bits per heavy atom. The van der Waals surface area contributed by atoms with Crippen molar-refractivity contribution in [1.29, 1.82) is 5.26 Å². The number of aryl methyl sites for hydroxylation is 1. The number of nitrogens with zero attached hydrogens (tertiary/aromatic N) is 1. The molecule has 2 rings (SSSR count). The molecule has 0 spiro atoms. The van der Waals surface area contributed by atoms with Crippen molar-refractivity contribution in [1.82, 2.24) is 0 Å². The Morgan fingerprint density at radius 1 is 1.38 bits per heavy atom. The van der Waals surface area contributed by atoms with Gasteiger partial charge in [0.25, 0.3) is 0 Å². The third-order valence-corrected chi connectivity index (χ3v) is 3.37. The quantitative estimate of drug-likeness (QED) is 0.765.